The Bertz CT molecular complexity index is 423. The van der Waals surface area contributed by atoms with Crippen LogP contribution in [0.15, 0.2) is 22.7 Å². The third-order valence-corrected chi connectivity index (χ3v) is 4.42. The van der Waals surface area contributed by atoms with Crippen molar-refractivity contribution >= 4 is 39.1 Å². The second-order valence-electron chi connectivity index (χ2n) is 5.05. The molecule has 1 aromatic carbocycles. The summed E-state index contributed by atoms with van der Waals surface area (Å²) in [4.78, 5) is 11.8. The van der Waals surface area contributed by atoms with Crippen LogP contribution >= 0.6 is 27.5 Å². The van der Waals surface area contributed by atoms with Gasteiger partial charge in [-0.1, -0.05) is 57.0 Å². The molecule has 1 amide bonds. The Morgan fingerprint density at radius 2 is 1.80 bits per heavy atom. The molecule has 0 spiro atoms. The molecule has 0 saturated carbocycles. The summed E-state index contributed by atoms with van der Waals surface area (Å²) in [5.41, 5.74) is 0.786. The molecule has 20 heavy (non-hydrogen) atoms. The predicted octanol–water partition coefficient (Wildman–Crippen LogP) is 6.18. The van der Waals surface area contributed by atoms with Gasteiger partial charge in [-0.2, -0.15) is 0 Å². The second kappa shape index (κ2) is 10.2. The van der Waals surface area contributed by atoms with Crippen molar-refractivity contribution in [2.24, 2.45) is 0 Å². The van der Waals surface area contributed by atoms with Gasteiger partial charge in [0, 0.05) is 16.6 Å². The molecule has 0 aliphatic heterocycles. The van der Waals surface area contributed by atoms with Crippen LogP contribution in [-0.4, -0.2) is 5.91 Å². The number of unbranched alkanes of at least 4 members (excludes halogenated alkanes) is 6. The highest BCUT2D eigenvalue weighted by atomic mass is 79.9. The molecule has 0 heterocycles. The first-order valence-electron chi connectivity index (χ1n) is 7.38. The summed E-state index contributed by atoms with van der Waals surface area (Å²) >= 11 is 9.26. The van der Waals surface area contributed by atoms with Crippen molar-refractivity contribution in [1.29, 1.82) is 0 Å². The smallest absolute Gasteiger partial charge is 0.224 e. The lowest BCUT2D eigenvalue weighted by molar-refractivity contribution is -0.116. The number of amides is 1. The van der Waals surface area contributed by atoms with E-state index in [2.05, 4.69) is 28.2 Å². The molecule has 4 heteroatoms. The molecule has 0 radical (unpaired) electrons. The van der Waals surface area contributed by atoms with Crippen molar-refractivity contribution in [3.8, 4) is 0 Å². The van der Waals surface area contributed by atoms with E-state index in [0.29, 0.717) is 11.4 Å². The zero-order chi connectivity index (χ0) is 14.8. The summed E-state index contributed by atoms with van der Waals surface area (Å²) in [6.45, 7) is 2.22. The molecule has 0 atom stereocenters. The SMILES string of the molecule is CCCCCCCCCC(=O)Nc1ccc(Cl)c(Br)c1. The summed E-state index contributed by atoms with van der Waals surface area (Å²) in [6, 6.07) is 5.41. The minimum Gasteiger partial charge on any atom is -0.326 e. The molecule has 0 fully saturated rings. The average Bonchev–Trinajstić information content (AvgIpc) is 2.42. The van der Waals surface area contributed by atoms with Crippen molar-refractivity contribution < 1.29 is 4.79 Å². The van der Waals surface area contributed by atoms with E-state index in [9.17, 15) is 4.79 Å². The Morgan fingerprint density at radius 1 is 1.15 bits per heavy atom. The van der Waals surface area contributed by atoms with Crippen LogP contribution in [0.4, 0.5) is 5.69 Å². The molecule has 1 N–H and O–H groups in total. The normalized spacial score (nSPS) is 10.6. The zero-order valence-electron chi connectivity index (χ0n) is 12.1. The van der Waals surface area contributed by atoms with Crippen LogP contribution < -0.4 is 5.32 Å². The van der Waals surface area contributed by atoms with Gasteiger partial charge in [0.05, 0.1) is 5.02 Å². The third kappa shape index (κ3) is 7.30. The lowest BCUT2D eigenvalue weighted by atomic mass is 10.1. The molecule has 1 rings (SSSR count). The van der Waals surface area contributed by atoms with Crippen molar-refractivity contribution in [3.63, 3.8) is 0 Å². The molecule has 0 unspecified atom stereocenters. The molecule has 112 valence electrons. The minimum atomic E-state index is 0.0766. The van der Waals surface area contributed by atoms with Gasteiger partial charge in [-0.3, -0.25) is 4.79 Å². The van der Waals surface area contributed by atoms with Crippen molar-refractivity contribution in [3.05, 3.63) is 27.7 Å². The molecule has 2 nitrogen and oxygen atoms in total. The molecule has 0 aromatic heterocycles. The number of benzene rings is 1. The Hall–Kier alpha value is -0.540. The number of halogens is 2. The number of rotatable bonds is 9. The Morgan fingerprint density at radius 3 is 2.45 bits per heavy atom. The maximum Gasteiger partial charge on any atom is 0.224 e. The summed E-state index contributed by atoms with van der Waals surface area (Å²) < 4.78 is 0.799. The Labute approximate surface area is 135 Å². The van der Waals surface area contributed by atoms with Gasteiger partial charge in [0.25, 0.3) is 0 Å². The van der Waals surface area contributed by atoms with Crippen LogP contribution in [0.1, 0.15) is 58.3 Å². The highest BCUT2D eigenvalue weighted by Gasteiger charge is 2.04. The quantitative estimate of drug-likeness (QED) is 0.523. The summed E-state index contributed by atoms with van der Waals surface area (Å²) in [7, 11) is 0. The number of hydrogen-bond acceptors (Lipinski definition) is 1. The predicted molar refractivity (Wildman–Crippen MR) is 90.4 cm³/mol. The van der Waals surface area contributed by atoms with Crippen LogP contribution in [-0.2, 0) is 4.79 Å². The Balaban J connectivity index is 2.15. The van der Waals surface area contributed by atoms with E-state index in [1.165, 1.54) is 32.1 Å². The highest BCUT2D eigenvalue weighted by Crippen LogP contribution is 2.25. The van der Waals surface area contributed by atoms with Crippen molar-refractivity contribution in [2.75, 3.05) is 5.32 Å². The fraction of sp³-hybridized carbons (Fsp3) is 0.562. The van der Waals surface area contributed by atoms with Crippen LogP contribution in [0.5, 0.6) is 0 Å². The van der Waals surface area contributed by atoms with Gasteiger partial charge < -0.3 is 5.32 Å². The van der Waals surface area contributed by atoms with Gasteiger partial charge in [0.1, 0.15) is 0 Å². The first kappa shape index (κ1) is 17.5. The fourth-order valence-corrected chi connectivity index (χ4v) is 2.54. The summed E-state index contributed by atoms with van der Waals surface area (Å²) in [6.07, 6.45) is 9.15. The third-order valence-electron chi connectivity index (χ3n) is 3.21. The fourth-order valence-electron chi connectivity index (χ4n) is 2.04. The highest BCUT2D eigenvalue weighted by molar-refractivity contribution is 9.10. The molecule has 0 bridgehead atoms. The Kier molecular flexibility index (Phi) is 8.95. The van der Waals surface area contributed by atoms with Gasteiger partial charge in [-0.05, 0) is 40.5 Å². The number of hydrogen-bond donors (Lipinski definition) is 1. The van der Waals surface area contributed by atoms with E-state index >= 15 is 0 Å². The zero-order valence-corrected chi connectivity index (χ0v) is 14.4. The number of nitrogens with one attached hydrogen (secondary N) is 1. The number of anilines is 1. The molecule has 0 aliphatic rings. The van der Waals surface area contributed by atoms with Crippen LogP contribution in [0, 0.1) is 0 Å². The van der Waals surface area contributed by atoms with Crippen LogP contribution in [0.25, 0.3) is 0 Å². The average molecular weight is 361 g/mol. The lowest BCUT2D eigenvalue weighted by Gasteiger charge is -2.06. The minimum absolute atomic E-state index is 0.0766. The molecular formula is C16H23BrClNO. The maximum atomic E-state index is 11.8. The molecular weight excluding hydrogens is 338 g/mol. The lowest BCUT2D eigenvalue weighted by Crippen LogP contribution is -2.10. The van der Waals surface area contributed by atoms with Gasteiger partial charge in [-0.25, -0.2) is 0 Å². The van der Waals surface area contributed by atoms with Crippen molar-refractivity contribution in [1.82, 2.24) is 0 Å². The second-order valence-corrected chi connectivity index (χ2v) is 6.31. The largest absolute Gasteiger partial charge is 0.326 e. The van der Waals surface area contributed by atoms with E-state index in [1.54, 1.807) is 6.07 Å². The monoisotopic (exact) mass is 359 g/mol. The first-order valence-corrected chi connectivity index (χ1v) is 8.55. The standard InChI is InChI=1S/C16H23BrClNO/c1-2-3-4-5-6-7-8-9-16(20)19-13-10-11-15(18)14(17)12-13/h10-12H,2-9H2,1H3,(H,19,20). The van der Waals surface area contributed by atoms with Crippen LogP contribution in [0.3, 0.4) is 0 Å². The van der Waals surface area contributed by atoms with Gasteiger partial charge in [-0.15, -0.1) is 0 Å². The summed E-state index contributed by atoms with van der Waals surface area (Å²) in [5, 5.41) is 3.54. The van der Waals surface area contributed by atoms with E-state index in [4.69, 9.17) is 11.6 Å². The maximum absolute atomic E-state index is 11.8. The molecule has 0 saturated heterocycles. The summed E-state index contributed by atoms with van der Waals surface area (Å²) in [5.74, 6) is 0.0766. The van der Waals surface area contributed by atoms with E-state index in [-0.39, 0.29) is 5.91 Å². The number of carbonyl (C=O) groups is 1. The van der Waals surface area contributed by atoms with Gasteiger partial charge in [0.2, 0.25) is 5.91 Å². The topological polar surface area (TPSA) is 29.1 Å². The van der Waals surface area contributed by atoms with E-state index in [1.807, 2.05) is 12.1 Å². The van der Waals surface area contributed by atoms with E-state index in [0.717, 1.165) is 23.0 Å². The first-order chi connectivity index (χ1) is 9.63. The van der Waals surface area contributed by atoms with Gasteiger partial charge in [0.15, 0.2) is 0 Å². The van der Waals surface area contributed by atoms with Crippen LogP contribution in [0.2, 0.25) is 5.02 Å². The molecule has 1 aromatic rings. The number of carbonyl (C=O) groups excluding carboxylic acids is 1. The van der Waals surface area contributed by atoms with Gasteiger partial charge >= 0.3 is 0 Å². The van der Waals surface area contributed by atoms with E-state index < -0.39 is 0 Å². The van der Waals surface area contributed by atoms with Crippen molar-refractivity contribution in [2.45, 2.75) is 58.3 Å². The molecule has 0 aliphatic carbocycles.